The second-order valence-corrected chi connectivity index (χ2v) is 8.49. The Morgan fingerprint density at radius 3 is 2.37 bits per heavy atom. The van der Waals surface area contributed by atoms with Crippen LogP contribution in [-0.2, 0) is 19.6 Å². The molecule has 1 atom stereocenters. The second kappa shape index (κ2) is 11.2. The molecule has 0 aliphatic carbocycles. The van der Waals surface area contributed by atoms with Gasteiger partial charge in [-0.1, -0.05) is 76.1 Å². The molecule has 0 saturated carbocycles. The summed E-state index contributed by atoms with van der Waals surface area (Å²) in [7, 11) is 1.68. The number of aryl methyl sites for hydroxylation is 2. The van der Waals surface area contributed by atoms with E-state index in [4.69, 9.17) is 9.47 Å². The van der Waals surface area contributed by atoms with Gasteiger partial charge in [-0.25, -0.2) is 0 Å². The minimum Gasteiger partial charge on any atom is -0.493 e. The van der Waals surface area contributed by atoms with Gasteiger partial charge in [0.05, 0.1) is 7.11 Å². The lowest BCUT2D eigenvalue weighted by Gasteiger charge is -2.19. The van der Waals surface area contributed by atoms with E-state index in [1.807, 2.05) is 12.1 Å². The zero-order chi connectivity index (χ0) is 21.3. The molecule has 3 nitrogen and oxygen atoms in total. The fourth-order valence-corrected chi connectivity index (χ4v) is 3.76. The highest BCUT2D eigenvalue weighted by atomic mass is 79.9. The Hall–Kier alpha value is -2.30. The number of ether oxygens (including phenoxy) is 2. The van der Waals surface area contributed by atoms with Crippen molar-refractivity contribution in [2.45, 2.75) is 45.9 Å². The SMILES string of the molecule is COc1ccc(Br)c(CNC(C)CCc2ccccc2)c1OCc1ccc(C)cc1. The number of hydrogen-bond acceptors (Lipinski definition) is 3. The van der Waals surface area contributed by atoms with Gasteiger partial charge in [-0.2, -0.15) is 0 Å². The van der Waals surface area contributed by atoms with Crippen molar-refractivity contribution in [3.8, 4) is 11.5 Å². The van der Waals surface area contributed by atoms with Crippen molar-refractivity contribution in [2.75, 3.05) is 7.11 Å². The number of methoxy groups -OCH3 is 1. The Labute approximate surface area is 188 Å². The number of hydrogen-bond donors (Lipinski definition) is 1. The smallest absolute Gasteiger partial charge is 0.167 e. The Morgan fingerprint density at radius 2 is 1.67 bits per heavy atom. The van der Waals surface area contributed by atoms with Gasteiger partial charge in [-0.3, -0.25) is 0 Å². The minimum atomic E-state index is 0.383. The van der Waals surface area contributed by atoms with E-state index in [1.165, 1.54) is 11.1 Å². The molecule has 1 unspecified atom stereocenters. The molecule has 0 radical (unpaired) electrons. The largest absolute Gasteiger partial charge is 0.493 e. The highest BCUT2D eigenvalue weighted by Gasteiger charge is 2.16. The van der Waals surface area contributed by atoms with Crippen molar-refractivity contribution in [1.29, 1.82) is 0 Å². The quantitative estimate of drug-likeness (QED) is 0.371. The molecule has 3 aromatic carbocycles. The molecule has 30 heavy (non-hydrogen) atoms. The van der Waals surface area contributed by atoms with E-state index < -0.39 is 0 Å². The van der Waals surface area contributed by atoms with Gasteiger partial charge < -0.3 is 14.8 Å². The molecule has 1 N–H and O–H groups in total. The maximum absolute atomic E-state index is 6.23. The van der Waals surface area contributed by atoms with E-state index in [0.717, 1.165) is 39.9 Å². The molecule has 0 bridgehead atoms. The van der Waals surface area contributed by atoms with Gasteiger partial charge in [0.15, 0.2) is 11.5 Å². The molecule has 0 amide bonds. The molecular weight excluding hydrogens is 438 g/mol. The summed E-state index contributed by atoms with van der Waals surface area (Å²) in [6, 6.07) is 23.4. The minimum absolute atomic E-state index is 0.383. The van der Waals surface area contributed by atoms with Crippen LogP contribution in [0.25, 0.3) is 0 Å². The van der Waals surface area contributed by atoms with Crippen LogP contribution in [0.5, 0.6) is 11.5 Å². The van der Waals surface area contributed by atoms with Crippen LogP contribution in [0.3, 0.4) is 0 Å². The fourth-order valence-electron chi connectivity index (χ4n) is 3.31. The van der Waals surface area contributed by atoms with Crippen LogP contribution in [0, 0.1) is 6.92 Å². The lowest BCUT2D eigenvalue weighted by Crippen LogP contribution is -2.26. The van der Waals surface area contributed by atoms with Crippen molar-refractivity contribution in [3.05, 3.63) is 93.5 Å². The Morgan fingerprint density at radius 1 is 0.933 bits per heavy atom. The van der Waals surface area contributed by atoms with Crippen LogP contribution in [0.1, 0.15) is 35.6 Å². The monoisotopic (exact) mass is 467 g/mol. The average Bonchev–Trinajstić information content (AvgIpc) is 2.77. The van der Waals surface area contributed by atoms with Gasteiger partial charge in [-0.05, 0) is 49.9 Å². The van der Waals surface area contributed by atoms with E-state index in [2.05, 4.69) is 89.7 Å². The lowest BCUT2D eigenvalue weighted by molar-refractivity contribution is 0.280. The molecule has 158 valence electrons. The molecule has 0 fully saturated rings. The topological polar surface area (TPSA) is 30.5 Å². The zero-order valence-corrected chi connectivity index (χ0v) is 19.5. The third-order valence-electron chi connectivity index (χ3n) is 5.23. The predicted octanol–water partition coefficient (Wildman–Crippen LogP) is 6.46. The van der Waals surface area contributed by atoms with Crippen molar-refractivity contribution in [1.82, 2.24) is 5.32 Å². The maximum Gasteiger partial charge on any atom is 0.167 e. The molecule has 0 spiro atoms. The first kappa shape index (κ1) is 22.4. The Kier molecular flexibility index (Phi) is 8.35. The number of nitrogens with one attached hydrogen (secondary N) is 1. The third kappa shape index (κ3) is 6.35. The van der Waals surface area contributed by atoms with Crippen LogP contribution >= 0.6 is 15.9 Å². The molecule has 0 heterocycles. The van der Waals surface area contributed by atoms with Crippen LogP contribution in [-0.4, -0.2) is 13.2 Å². The normalized spacial score (nSPS) is 11.9. The summed E-state index contributed by atoms with van der Waals surface area (Å²) in [6.07, 6.45) is 2.14. The molecule has 0 aliphatic heterocycles. The van der Waals surface area contributed by atoms with Crippen LogP contribution in [0.2, 0.25) is 0 Å². The zero-order valence-electron chi connectivity index (χ0n) is 18.0. The molecule has 0 saturated heterocycles. The molecule has 4 heteroatoms. The number of rotatable bonds is 10. The summed E-state index contributed by atoms with van der Waals surface area (Å²) < 4.78 is 12.8. The first-order valence-corrected chi connectivity index (χ1v) is 11.2. The van der Waals surface area contributed by atoms with Gasteiger partial charge in [-0.15, -0.1) is 0 Å². The van der Waals surface area contributed by atoms with Gasteiger partial charge in [0.2, 0.25) is 0 Å². The molecule has 0 aromatic heterocycles. The first-order valence-electron chi connectivity index (χ1n) is 10.4. The summed E-state index contributed by atoms with van der Waals surface area (Å²) in [4.78, 5) is 0. The van der Waals surface area contributed by atoms with Crippen LogP contribution in [0.4, 0.5) is 0 Å². The van der Waals surface area contributed by atoms with Crippen molar-refractivity contribution in [2.24, 2.45) is 0 Å². The van der Waals surface area contributed by atoms with E-state index in [-0.39, 0.29) is 0 Å². The highest BCUT2D eigenvalue weighted by Crippen LogP contribution is 2.37. The first-order chi connectivity index (χ1) is 14.6. The third-order valence-corrected chi connectivity index (χ3v) is 5.97. The van der Waals surface area contributed by atoms with Gasteiger partial charge in [0.1, 0.15) is 6.61 Å². The van der Waals surface area contributed by atoms with Gasteiger partial charge in [0.25, 0.3) is 0 Å². The summed E-state index contributed by atoms with van der Waals surface area (Å²) in [5.74, 6) is 1.54. The fraction of sp³-hybridized carbons (Fsp3) is 0.308. The van der Waals surface area contributed by atoms with Crippen molar-refractivity contribution in [3.63, 3.8) is 0 Å². The van der Waals surface area contributed by atoms with E-state index in [1.54, 1.807) is 7.11 Å². The van der Waals surface area contributed by atoms with Crippen LogP contribution < -0.4 is 14.8 Å². The predicted molar refractivity (Wildman–Crippen MR) is 127 cm³/mol. The molecular formula is C26H30BrNO2. The van der Waals surface area contributed by atoms with E-state index in [9.17, 15) is 0 Å². The maximum atomic E-state index is 6.23. The summed E-state index contributed by atoms with van der Waals surface area (Å²) in [6.45, 7) is 5.52. The standard InChI is InChI=1S/C26H30BrNO2/c1-19-9-12-22(13-10-19)18-30-26-23(24(27)15-16-25(26)29-3)17-28-20(2)11-14-21-7-5-4-6-8-21/h4-10,12-13,15-16,20,28H,11,14,17-18H2,1-3H3. The van der Waals surface area contributed by atoms with Crippen LogP contribution in [0.15, 0.2) is 71.2 Å². The summed E-state index contributed by atoms with van der Waals surface area (Å²) >= 11 is 3.70. The number of halogens is 1. The van der Waals surface area contributed by atoms with E-state index in [0.29, 0.717) is 19.2 Å². The van der Waals surface area contributed by atoms with Gasteiger partial charge >= 0.3 is 0 Å². The van der Waals surface area contributed by atoms with E-state index >= 15 is 0 Å². The number of benzene rings is 3. The lowest BCUT2D eigenvalue weighted by atomic mass is 10.1. The highest BCUT2D eigenvalue weighted by molar-refractivity contribution is 9.10. The molecule has 3 rings (SSSR count). The Balaban J connectivity index is 1.66. The average molecular weight is 468 g/mol. The van der Waals surface area contributed by atoms with Gasteiger partial charge in [0, 0.05) is 22.6 Å². The molecule has 0 aliphatic rings. The Bertz CT molecular complexity index is 926. The summed E-state index contributed by atoms with van der Waals surface area (Å²) in [5, 5.41) is 3.64. The van der Waals surface area contributed by atoms with Crippen molar-refractivity contribution < 1.29 is 9.47 Å². The second-order valence-electron chi connectivity index (χ2n) is 7.64. The van der Waals surface area contributed by atoms with Crippen molar-refractivity contribution >= 4 is 15.9 Å². The molecule has 3 aromatic rings. The summed E-state index contributed by atoms with van der Waals surface area (Å²) in [5.41, 5.74) is 4.83.